The van der Waals surface area contributed by atoms with E-state index in [0.717, 1.165) is 5.57 Å². The molecule has 7 nitrogen and oxygen atoms in total. The Labute approximate surface area is 207 Å². The zero-order valence-corrected chi connectivity index (χ0v) is 21.3. The number of aliphatic hydroxyl groups is 4. The molecule has 1 aliphatic heterocycles. The second kappa shape index (κ2) is 7.73. The van der Waals surface area contributed by atoms with Gasteiger partial charge in [-0.2, -0.15) is 0 Å². The third-order valence-corrected chi connectivity index (χ3v) is 11.4. The highest BCUT2D eigenvalue weighted by molar-refractivity contribution is 5.91. The Kier molecular flexibility index (Phi) is 5.55. The first-order valence-electron chi connectivity index (χ1n) is 13.2. The second-order valence-electron chi connectivity index (χ2n) is 12.6. The number of Topliss-reactive ketones (excluding diaryl/α,β-unsaturated/α-hetero) is 1. The zero-order chi connectivity index (χ0) is 25.6. The molecular formula is C28H40O7. The number of ketones is 1. The van der Waals surface area contributed by atoms with Crippen LogP contribution in [-0.4, -0.2) is 61.7 Å². The summed E-state index contributed by atoms with van der Waals surface area (Å²) in [5.74, 6) is -1.04. The average Bonchev–Trinajstić information content (AvgIpc) is 3.24. The summed E-state index contributed by atoms with van der Waals surface area (Å²) in [6, 6.07) is 0. The van der Waals surface area contributed by atoms with Gasteiger partial charge in [0.2, 0.25) is 0 Å². The number of esters is 1. The summed E-state index contributed by atoms with van der Waals surface area (Å²) in [6.07, 6.45) is 7.36. The van der Waals surface area contributed by atoms with Gasteiger partial charge in [0.05, 0.1) is 29.6 Å². The summed E-state index contributed by atoms with van der Waals surface area (Å²) in [4.78, 5) is 25.0. The minimum atomic E-state index is -1.91. The molecule has 4 aliphatic carbocycles. The van der Waals surface area contributed by atoms with Gasteiger partial charge < -0.3 is 25.2 Å². The molecule has 0 aromatic heterocycles. The zero-order valence-electron chi connectivity index (χ0n) is 21.3. The van der Waals surface area contributed by atoms with Crippen LogP contribution in [0.1, 0.15) is 72.6 Å². The Morgan fingerprint density at radius 1 is 1.17 bits per heavy atom. The van der Waals surface area contributed by atoms with Crippen LogP contribution >= 0.6 is 0 Å². The van der Waals surface area contributed by atoms with Crippen molar-refractivity contribution in [3.8, 4) is 0 Å². The summed E-state index contributed by atoms with van der Waals surface area (Å²) in [5, 5.41) is 47.4. The van der Waals surface area contributed by atoms with Gasteiger partial charge in [-0.3, -0.25) is 9.59 Å². The fourth-order valence-electron chi connectivity index (χ4n) is 8.65. The van der Waals surface area contributed by atoms with Gasteiger partial charge >= 0.3 is 5.97 Å². The van der Waals surface area contributed by atoms with Crippen molar-refractivity contribution in [3.05, 3.63) is 23.8 Å². The van der Waals surface area contributed by atoms with Crippen LogP contribution in [0.5, 0.6) is 0 Å². The highest BCUT2D eigenvalue weighted by Gasteiger charge is 2.76. The minimum absolute atomic E-state index is 0.0438. The third kappa shape index (κ3) is 2.98. The van der Waals surface area contributed by atoms with E-state index in [-0.39, 0.29) is 61.3 Å². The van der Waals surface area contributed by atoms with E-state index in [9.17, 15) is 30.0 Å². The lowest BCUT2D eigenvalue weighted by atomic mass is 9.44. The van der Waals surface area contributed by atoms with Crippen LogP contribution in [0.25, 0.3) is 0 Å². The normalized spacial score (nSPS) is 49.4. The van der Waals surface area contributed by atoms with E-state index in [4.69, 9.17) is 4.74 Å². The first kappa shape index (κ1) is 25.1. The van der Waals surface area contributed by atoms with Gasteiger partial charge in [-0.25, -0.2) is 0 Å². The van der Waals surface area contributed by atoms with Crippen LogP contribution in [0.2, 0.25) is 0 Å². The monoisotopic (exact) mass is 488 g/mol. The van der Waals surface area contributed by atoms with E-state index < -0.39 is 33.7 Å². The number of ether oxygens (including phenoxy) is 1. The maximum absolute atomic E-state index is 13.1. The number of carbonyl (C=O) groups is 2. The predicted octanol–water partition coefficient (Wildman–Crippen LogP) is 2.45. The van der Waals surface area contributed by atoms with Crippen LogP contribution in [0.4, 0.5) is 0 Å². The SMILES string of the molecule is C[C@H]1C(=O)OC[C@H]1C[C@@H](O)[C@](C)(O)[C@]1(O)CC[C@@]2(O)[C@@H]3CC=C4C=CCC(=O)[C@]4(C)[C@H]3CC[C@]12C. The number of fused-ring (bicyclic) bond motifs is 5. The molecule has 0 amide bonds. The van der Waals surface area contributed by atoms with Crippen molar-refractivity contribution in [3.63, 3.8) is 0 Å². The van der Waals surface area contributed by atoms with Crippen molar-refractivity contribution in [1.29, 1.82) is 0 Å². The van der Waals surface area contributed by atoms with E-state index >= 15 is 0 Å². The number of rotatable bonds is 4. The molecule has 0 spiro atoms. The number of hydrogen-bond donors (Lipinski definition) is 4. The molecule has 5 aliphatic rings. The molecule has 0 unspecified atom stereocenters. The molecule has 4 N–H and O–H groups in total. The molecule has 0 bridgehead atoms. The van der Waals surface area contributed by atoms with Crippen molar-refractivity contribution in [2.75, 3.05) is 6.61 Å². The molecule has 1 saturated heterocycles. The van der Waals surface area contributed by atoms with Crippen LogP contribution in [0.15, 0.2) is 23.8 Å². The minimum Gasteiger partial charge on any atom is -0.465 e. The van der Waals surface area contributed by atoms with E-state index in [1.807, 2.05) is 26.0 Å². The van der Waals surface area contributed by atoms with Crippen LogP contribution in [0.3, 0.4) is 0 Å². The van der Waals surface area contributed by atoms with Crippen molar-refractivity contribution in [2.24, 2.45) is 34.5 Å². The summed E-state index contributed by atoms with van der Waals surface area (Å²) in [6.45, 7) is 7.23. The Morgan fingerprint density at radius 3 is 2.54 bits per heavy atom. The fraction of sp³-hybridized carbons (Fsp3) is 0.786. The standard InChI is InChI=1S/C28H40O7/c1-16-17(15-35-23(16)31)14-22(30)26(4,32)28(34)13-12-27(33)20-9-8-18-6-5-7-21(29)25(18,3)19(20)10-11-24(27,28)2/h5-6,8,16-17,19-20,22,30,32-34H,7,9-15H2,1-4H3/t16-,17-,19+,20-,22-,24+,25+,26+,27-,28+/m1/s1. The quantitative estimate of drug-likeness (QED) is 0.448. The third-order valence-electron chi connectivity index (χ3n) is 11.4. The molecule has 5 rings (SSSR count). The van der Waals surface area contributed by atoms with Gasteiger partial charge in [0.1, 0.15) is 17.0 Å². The molecule has 1 heterocycles. The predicted molar refractivity (Wildman–Crippen MR) is 128 cm³/mol. The molecular weight excluding hydrogens is 448 g/mol. The van der Waals surface area contributed by atoms with Crippen LogP contribution in [0, 0.1) is 34.5 Å². The summed E-state index contributed by atoms with van der Waals surface area (Å²) in [7, 11) is 0. The molecule has 194 valence electrons. The summed E-state index contributed by atoms with van der Waals surface area (Å²) in [5.41, 5.74) is -5.64. The van der Waals surface area contributed by atoms with Gasteiger partial charge in [0.15, 0.2) is 0 Å². The highest BCUT2D eigenvalue weighted by atomic mass is 16.5. The smallest absolute Gasteiger partial charge is 0.309 e. The second-order valence-corrected chi connectivity index (χ2v) is 12.6. The molecule has 10 atom stereocenters. The fourth-order valence-corrected chi connectivity index (χ4v) is 8.65. The maximum Gasteiger partial charge on any atom is 0.309 e. The number of aliphatic hydroxyl groups excluding tert-OH is 1. The van der Waals surface area contributed by atoms with Gasteiger partial charge in [-0.15, -0.1) is 0 Å². The van der Waals surface area contributed by atoms with E-state index in [0.29, 0.717) is 25.7 Å². The Morgan fingerprint density at radius 2 is 1.89 bits per heavy atom. The first-order valence-corrected chi connectivity index (χ1v) is 13.2. The largest absolute Gasteiger partial charge is 0.465 e. The van der Waals surface area contributed by atoms with Gasteiger partial charge in [0.25, 0.3) is 0 Å². The number of cyclic esters (lactones) is 1. The lowest BCUT2D eigenvalue weighted by molar-refractivity contribution is -0.278. The van der Waals surface area contributed by atoms with Gasteiger partial charge in [-0.05, 0) is 69.8 Å². The number of carbonyl (C=O) groups excluding carboxylic acids is 2. The molecule has 0 aromatic carbocycles. The first-order chi connectivity index (χ1) is 16.2. The summed E-state index contributed by atoms with van der Waals surface area (Å²) >= 11 is 0. The average molecular weight is 489 g/mol. The molecule has 7 heteroatoms. The maximum atomic E-state index is 13.1. The Bertz CT molecular complexity index is 999. The molecule has 2 saturated carbocycles. The van der Waals surface area contributed by atoms with Crippen molar-refractivity contribution in [2.45, 2.75) is 95.5 Å². The van der Waals surface area contributed by atoms with Gasteiger partial charge in [0, 0.05) is 17.8 Å². The van der Waals surface area contributed by atoms with E-state index in [2.05, 4.69) is 6.08 Å². The Hall–Kier alpha value is -1.54. The molecule has 0 radical (unpaired) electrons. The van der Waals surface area contributed by atoms with Crippen molar-refractivity contribution >= 4 is 11.8 Å². The summed E-state index contributed by atoms with van der Waals surface area (Å²) < 4.78 is 5.11. The number of hydrogen-bond acceptors (Lipinski definition) is 7. The highest BCUT2D eigenvalue weighted by Crippen LogP contribution is 2.70. The van der Waals surface area contributed by atoms with Crippen LogP contribution < -0.4 is 0 Å². The van der Waals surface area contributed by atoms with Crippen molar-refractivity contribution < 1.29 is 34.8 Å². The lowest BCUT2D eigenvalue weighted by Crippen LogP contribution is -2.71. The molecule has 3 fully saturated rings. The molecule has 35 heavy (non-hydrogen) atoms. The molecule has 0 aromatic rings. The number of allylic oxidation sites excluding steroid dienone is 4. The lowest BCUT2D eigenvalue weighted by Gasteiger charge is -2.62. The van der Waals surface area contributed by atoms with Crippen molar-refractivity contribution in [1.82, 2.24) is 0 Å². The van der Waals surface area contributed by atoms with E-state index in [1.165, 1.54) is 6.92 Å². The van der Waals surface area contributed by atoms with E-state index in [1.54, 1.807) is 6.92 Å². The van der Waals surface area contributed by atoms with Crippen LogP contribution in [-0.2, 0) is 14.3 Å². The van der Waals surface area contributed by atoms with Gasteiger partial charge in [-0.1, -0.05) is 32.1 Å². The topological polar surface area (TPSA) is 124 Å². The Balaban J connectivity index is 1.47.